The van der Waals surface area contributed by atoms with Crippen LogP contribution in [0.2, 0.25) is 0 Å². The van der Waals surface area contributed by atoms with Crippen LogP contribution in [0.3, 0.4) is 0 Å². The molecular formula is C25H25N7OS. The molecule has 0 amide bonds. The summed E-state index contributed by atoms with van der Waals surface area (Å²) in [5, 5.41) is 5.45. The second-order valence-electron chi connectivity index (χ2n) is 8.62. The maximum atomic E-state index is 13.2. The summed E-state index contributed by atoms with van der Waals surface area (Å²) >= 11 is 1.59. The third-order valence-electron chi connectivity index (χ3n) is 6.36. The highest BCUT2D eigenvalue weighted by Gasteiger charge is 2.20. The molecule has 0 saturated carbocycles. The number of aromatic nitrogens is 4. The van der Waals surface area contributed by atoms with Gasteiger partial charge in [0.25, 0.3) is 5.56 Å². The molecule has 9 heteroatoms. The molecule has 1 aromatic carbocycles. The molecule has 1 fully saturated rings. The predicted molar refractivity (Wildman–Crippen MR) is 139 cm³/mol. The van der Waals surface area contributed by atoms with Crippen LogP contribution >= 0.6 is 11.3 Å². The zero-order chi connectivity index (χ0) is 23.1. The Bertz CT molecular complexity index is 1510. The smallest absolute Gasteiger partial charge is 0.261 e. The number of nitrogens with zero attached hydrogens (tertiary/aromatic N) is 4. The van der Waals surface area contributed by atoms with Crippen molar-refractivity contribution in [2.24, 2.45) is 0 Å². The van der Waals surface area contributed by atoms with E-state index in [9.17, 15) is 4.79 Å². The molecule has 3 N–H and O–H groups in total. The monoisotopic (exact) mass is 471 g/mol. The van der Waals surface area contributed by atoms with Crippen molar-refractivity contribution in [3.63, 3.8) is 0 Å². The minimum atomic E-state index is -0.173. The maximum absolute atomic E-state index is 13.2. The van der Waals surface area contributed by atoms with Crippen LogP contribution < -0.4 is 15.8 Å². The van der Waals surface area contributed by atoms with Gasteiger partial charge in [-0.15, -0.1) is 11.3 Å². The van der Waals surface area contributed by atoms with Crippen LogP contribution in [0.1, 0.15) is 5.69 Å². The number of piperazine rings is 1. The lowest BCUT2D eigenvalue weighted by Gasteiger charge is -2.34. The summed E-state index contributed by atoms with van der Waals surface area (Å²) in [6, 6.07) is 14.0. The van der Waals surface area contributed by atoms with E-state index in [-0.39, 0.29) is 5.56 Å². The molecule has 1 saturated heterocycles. The summed E-state index contributed by atoms with van der Waals surface area (Å²) in [5.74, 6) is 0.561. The molecule has 0 atom stereocenters. The number of pyridine rings is 2. The molecule has 1 aliphatic rings. The van der Waals surface area contributed by atoms with E-state index in [0.29, 0.717) is 17.9 Å². The molecule has 0 bridgehead atoms. The number of rotatable bonds is 5. The van der Waals surface area contributed by atoms with Crippen LogP contribution in [0.15, 0.2) is 58.8 Å². The lowest BCUT2D eigenvalue weighted by molar-refractivity contribution is 0.313. The molecule has 5 heterocycles. The van der Waals surface area contributed by atoms with Gasteiger partial charge in [0.1, 0.15) is 11.4 Å². The minimum Gasteiger partial charge on any atom is -0.377 e. The maximum Gasteiger partial charge on any atom is 0.261 e. The first-order valence-corrected chi connectivity index (χ1v) is 12.2. The van der Waals surface area contributed by atoms with Crippen molar-refractivity contribution in [1.29, 1.82) is 0 Å². The van der Waals surface area contributed by atoms with Gasteiger partial charge in [0.15, 0.2) is 0 Å². The lowest BCUT2D eigenvalue weighted by atomic mass is 10.2. The highest BCUT2D eigenvalue weighted by atomic mass is 32.1. The molecule has 172 valence electrons. The molecule has 34 heavy (non-hydrogen) atoms. The highest BCUT2D eigenvalue weighted by Crippen LogP contribution is 2.34. The van der Waals surface area contributed by atoms with Gasteiger partial charge in [-0.2, -0.15) is 0 Å². The second kappa shape index (κ2) is 8.58. The molecule has 6 rings (SSSR count). The number of benzene rings is 1. The van der Waals surface area contributed by atoms with Crippen molar-refractivity contribution < 1.29 is 0 Å². The number of nitrogens with one attached hydrogen (secondary N) is 3. The van der Waals surface area contributed by atoms with E-state index in [4.69, 9.17) is 4.98 Å². The van der Waals surface area contributed by atoms with Crippen molar-refractivity contribution in [2.75, 3.05) is 43.4 Å². The standard InChI is InChI=1S/C25H25N7OS/c1-31-9-11-32(12-10-31)17-5-6-18-20(14-17)29-24(28-18)21-22(27-15-16-4-2-3-8-26-16)23-19(7-13-34-23)30-25(21)33/h2-8,13-14H,9-12,15H2,1H3,(H,28,29)(H2,27,30,33). The Morgan fingerprint density at radius 2 is 1.94 bits per heavy atom. The van der Waals surface area contributed by atoms with Crippen molar-refractivity contribution in [3.05, 3.63) is 70.1 Å². The molecule has 1 aliphatic heterocycles. The normalized spacial score (nSPS) is 14.8. The number of imidazole rings is 1. The zero-order valence-corrected chi connectivity index (χ0v) is 19.7. The van der Waals surface area contributed by atoms with Gasteiger partial charge >= 0.3 is 0 Å². The Labute approximate surface area is 200 Å². The van der Waals surface area contributed by atoms with E-state index in [1.54, 1.807) is 17.5 Å². The van der Waals surface area contributed by atoms with Crippen molar-refractivity contribution >= 4 is 44.0 Å². The molecule has 0 aliphatic carbocycles. The second-order valence-corrected chi connectivity index (χ2v) is 9.54. The van der Waals surface area contributed by atoms with E-state index in [0.717, 1.165) is 58.8 Å². The molecule has 0 spiro atoms. The molecule has 4 aromatic heterocycles. The Morgan fingerprint density at radius 3 is 2.76 bits per heavy atom. The average molecular weight is 472 g/mol. The van der Waals surface area contributed by atoms with Gasteiger partial charge in [-0.3, -0.25) is 9.78 Å². The fourth-order valence-electron chi connectivity index (χ4n) is 4.47. The number of anilines is 2. The van der Waals surface area contributed by atoms with Crippen LogP contribution in [0.5, 0.6) is 0 Å². The summed E-state index contributed by atoms with van der Waals surface area (Å²) in [5.41, 5.74) is 5.78. The average Bonchev–Trinajstić information content (AvgIpc) is 3.49. The summed E-state index contributed by atoms with van der Waals surface area (Å²) in [6.07, 6.45) is 1.77. The van der Waals surface area contributed by atoms with E-state index >= 15 is 0 Å². The third-order valence-corrected chi connectivity index (χ3v) is 7.29. The number of hydrogen-bond acceptors (Lipinski definition) is 7. The van der Waals surface area contributed by atoms with Crippen molar-refractivity contribution in [3.8, 4) is 11.4 Å². The van der Waals surface area contributed by atoms with Gasteiger partial charge in [0.05, 0.1) is 39.2 Å². The Hall–Kier alpha value is -3.69. The van der Waals surface area contributed by atoms with Crippen LogP contribution in [0.25, 0.3) is 32.6 Å². The predicted octanol–water partition coefficient (Wildman–Crippen LogP) is 3.89. The third kappa shape index (κ3) is 3.82. The first kappa shape index (κ1) is 20.9. The summed E-state index contributed by atoms with van der Waals surface area (Å²) in [6.45, 7) is 4.61. The fraction of sp³-hybridized carbons (Fsp3) is 0.240. The molecule has 5 aromatic rings. The molecular weight excluding hydrogens is 446 g/mol. The summed E-state index contributed by atoms with van der Waals surface area (Å²) in [7, 11) is 2.16. The van der Waals surface area contributed by atoms with Crippen molar-refractivity contribution in [2.45, 2.75) is 6.54 Å². The number of hydrogen-bond donors (Lipinski definition) is 3. The van der Waals surface area contributed by atoms with Gasteiger partial charge in [0, 0.05) is 38.1 Å². The Balaban J connectivity index is 1.41. The number of thiophene rings is 1. The van der Waals surface area contributed by atoms with E-state index in [2.05, 4.69) is 49.2 Å². The van der Waals surface area contributed by atoms with E-state index < -0.39 is 0 Å². The van der Waals surface area contributed by atoms with Gasteiger partial charge in [-0.25, -0.2) is 4.98 Å². The SMILES string of the molecule is CN1CCN(c2ccc3nc(-c4c(NCc5ccccn5)c5sccc5[nH]c4=O)[nH]c3c2)CC1. The highest BCUT2D eigenvalue weighted by molar-refractivity contribution is 7.17. The first-order chi connectivity index (χ1) is 16.7. The van der Waals surface area contributed by atoms with E-state index in [1.807, 2.05) is 35.7 Å². The largest absolute Gasteiger partial charge is 0.377 e. The van der Waals surface area contributed by atoms with Gasteiger partial charge < -0.3 is 25.1 Å². The van der Waals surface area contributed by atoms with Gasteiger partial charge in [-0.1, -0.05) is 6.07 Å². The number of fused-ring (bicyclic) bond motifs is 2. The minimum absolute atomic E-state index is 0.173. The van der Waals surface area contributed by atoms with Crippen LogP contribution in [0, 0.1) is 0 Å². The summed E-state index contributed by atoms with van der Waals surface area (Å²) in [4.78, 5) is 33.6. The number of H-pyrrole nitrogens is 2. The Morgan fingerprint density at radius 1 is 1.06 bits per heavy atom. The quantitative estimate of drug-likeness (QED) is 0.360. The molecule has 0 unspecified atom stereocenters. The van der Waals surface area contributed by atoms with Gasteiger partial charge in [-0.05, 0) is 48.8 Å². The molecule has 0 radical (unpaired) electrons. The van der Waals surface area contributed by atoms with Crippen LogP contribution in [0.4, 0.5) is 11.4 Å². The Kier molecular flexibility index (Phi) is 5.27. The fourth-order valence-corrected chi connectivity index (χ4v) is 5.35. The van der Waals surface area contributed by atoms with Gasteiger partial charge in [0.2, 0.25) is 0 Å². The zero-order valence-electron chi connectivity index (χ0n) is 18.8. The number of likely N-dealkylation sites (N-methyl/N-ethyl adjacent to an activating group) is 1. The van der Waals surface area contributed by atoms with Crippen molar-refractivity contribution in [1.82, 2.24) is 24.8 Å². The van der Waals surface area contributed by atoms with Crippen LogP contribution in [-0.4, -0.2) is 58.1 Å². The number of aromatic amines is 2. The first-order valence-electron chi connectivity index (χ1n) is 11.4. The lowest BCUT2D eigenvalue weighted by Crippen LogP contribution is -2.44. The topological polar surface area (TPSA) is 92.9 Å². The molecule has 8 nitrogen and oxygen atoms in total. The summed E-state index contributed by atoms with van der Waals surface area (Å²) < 4.78 is 0.990. The van der Waals surface area contributed by atoms with E-state index in [1.165, 1.54) is 5.69 Å². The van der Waals surface area contributed by atoms with Crippen LogP contribution in [-0.2, 0) is 6.54 Å².